The van der Waals surface area contributed by atoms with Gasteiger partial charge in [0.1, 0.15) is 5.01 Å². The second-order valence-corrected chi connectivity index (χ2v) is 7.03. The van der Waals surface area contributed by atoms with Crippen LogP contribution in [0.15, 0.2) is 18.2 Å². The van der Waals surface area contributed by atoms with Crippen molar-refractivity contribution in [3.05, 3.63) is 29.3 Å². The predicted molar refractivity (Wildman–Crippen MR) is 96.0 cm³/mol. The molecule has 1 fully saturated rings. The molecule has 1 amide bonds. The van der Waals surface area contributed by atoms with Crippen molar-refractivity contribution in [2.75, 3.05) is 5.32 Å². The number of nitrogens with two attached hydrogens (primary N) is 1. The maximum absolute atomic E-state index is 12.2. The number of aromatic nitrogens is 2. The number of benzene rings is 1. The monoisotopic (exact) mass is 352 g/mol. The number of nitrogens with zero attached hydrogens (tertiary/aromatic N) is 2. The summed E-state index contributed by atoms with van der Waals surface area (Å²) < 4.78 is 0. The number of halogens is 1. The van der Waals surface area contributed by atoms with E-state index in [-0.39, 0.29) is 30.3 Å². The number of anilines is 1. The summed E-state index contributed by atoms with van der Waals surface area (Å²) in [6.07, 6.45) is 2.53. The molecule has 23 heavy (non-hydrogen) atoms. The van der Waals surface area contributed by atoms with Crippen LogP contribution >= 0.6 is 23.7 Å². The van der Waals surface area contributed by atoms with E-state index in [9.17, 15) is 4.79 Å². The third-order valence-corrected chi connectivity index (χ3v) is 4.86. The number of carbonyl (C=O) groups is 1. The Morgan fingerprint density at radius 1 is 1.22 bits per heavy atom. The van der Waals surface area contributed by atoms with Crippen LogP contribution in [0.4, 0.5) is 5.13 Å². The summed E-state index contributed by atoms with van der Waals surface area (Å²) in [7, 11) is 0. The molecule has 7 heteroatoms. The molecule has 3 rings (SSSR count). The van der Waals surface area contributed by atoms with Crippen LogP contribution in [0.1, 0.15) is 30.4 Å². The van der Waals surface area contributed by atoms with Crippen molar-refractivity contribution in [2.24, 2.45) is 11.7 Å². The molecule has 2 unspecified atom stereocenters. The summed E-state index contributed by atoms with van der Waals surface area (Å²) in [6.45, 7) is 4.12. The Kier molecular flexibility index (Phi) is 5.73. The van der Waals surface area contributed by atoms with Crippen LogP contribution < -0.4 is 11.1 Å². The minimum absolute atomic E-state index is 0. The minimum atomic E-state index is 0. The Bertz CT molecular complexity index is 683. The summed E-state index contributed by atoms with van der Waals surface area (Å²) in [5, 5.41) is 12.5. The number of rotatable bonds is 3. The highest BCUT2D eigenvalue weighted by Gasteiger charge is 2.28. The molecular formula is C16H21ClN4OS. The molecule has 1 heterocycles. The summed E-state index contributed by atoms with van der Waals surface area (Å²) in [5.74, 6) is 0.0136. The van der Waals surface area contributed by atoms with Gasteiger partial charge in [-0.1, -0.05) is 28.5 Å². The van der Waals surface area contributed by atoms with Crippen molar-refractivity contribution >= 4 is 34.8 Å². The van der Waals surface area contributed by atoms with E-state index in [1.165, 1.54) is 22.5 Å². The van der Waals surface area contributed by atoms with Crippen molar-refractivity contribution < 1.29 is 4.79 Å². The lowest BCUT2D eigenvalue weighted by Crippen LogP contribution is -2.23. The molecule has 1 saturated carbocycles. The molecule has 1 aromatic heterocycles. The van der Waals surface area contributed by atoms with Gasteiger partial charge in [-0.3, -0.25) is 4.79 Å². The van der Waals surface area contributed by atoms with E-state index in [4.69, 9.17) is 5.73 Å². The number of aryl methyl sites for hydroxylation is 2. The number of hydrogen-bond acceptors (Lipinski definition) is 5. The first kappa shape index (κ1) is 17.8. The Balaban J connectivity index is 0.00000192. The molecule has 3 N–H and O–H groups in total. The lowest BCUT2D eigenvalue weighted by Gasteiger charge is -2.07. The second kappa shape index (κ2) is 7.38. The van der Waals surface area contributed by atoms with Gasteiger partial charge in [0.15, 0.2) is 0 Å². The zero-order chi connectivity index (χ0) is 15.7. The Morgan fingerprint density at radius 2 is 1.91 bits per heavy atom. The van der Waals surface area contributed by atoms with Gasteiger partial charge in [0.25, 0.3) is 0 Å². The normalized spacial score (nSPS) is 20.1. The van der Waals surface area contributed by atoms with Gasteiger partial charge in [-0.15, -0.1) is 22.6 Å². The molecule has 0 bridgehead atoms. The molecule has 5 nitrogen and oxygen atoms in total. The van der Waals surface area contributed by atoms with E-state index < -0.39 is 0 Å². The summed E-state index contributed by atoms with van der Waals surface area (Å²) >= 11 is 1.41. The molecule has 0 radical (unpaired) electrons. The van der Waals surface area contributed by atoms with Crippen LogP contribution in [-0.2, 0) is 4.79 Å². The molecule has 0 aliphatic heterocycles. The zero-order valence-electron chi connectivity index (χ0n) is 13.2. The topological polar surface area (TPSA) is 80.9 Å². The fraction of sp³-hybridized carbons (Fsp3) is 0.438. The van der Waals surface area contributed by atoms with Crippen molar-refractivity contribution in [3.63, 3.8) is 0 Å². The molecule has 0 spiro atoms. The van der Waals surface area contributed by atoms with Crippen molar-refractivity contribution in [1.82, 2.24) is 10.2 Å². The first-order valence-corrected chi connectivity index (χ1v) is 8.31. The number of nitrogens with one attached hydrogen (secondary N) is 1. The smallest absolute Gasteiger partial charge is 0.229 e. The van der Waals surface area contributed by atoms with Crippen LogP contribution in [0.5, 0.6) is 0 Å². The van der Waals surface area contributed by atoms with E-state index in [0.29, 0.717) is 5.13 Å². The fourth-order valence-electron chi connectivity index (χ4n) is 2.95. The fourth-order valence-corrected chi connectivity index (χ4v) is 3.68. The number of hydrogen-bond donors (Lipinski definition) is 2. The lowest BCUT2D eigenvalue weighted by molar-refractivity contribution is -0.119. The predicted octanol–water partition coefficient (Wildman–Crippen LogP) is 3.31. The lowest BCUT2D eigenvalue weighted by atomic mass is 10.1. The number of carbonyl (C=O) groups excluding carboxylic acids is 1. The quantitative estimate of drug-likeness (QED) is 0.887. The Labute approximate surface area is 146 Å². The van der Waals surface area contributed by atoms with E-state index >= 15 is 0 Å². The highest BCUT2D eigenvalue weighted by atomic mass is 35.5. The van der Waals surface area contributed by atoms with E-state index in [1.54, 1.807) is 0 Å². The van der Waals surface area contributed by atoms with E-state index in [0.717, 1.165) is 29.8 Å². The first-order valence-electron chi connectivity index (χ1n) is 7.50. The van der Waals surface area contributed by atoms with Crippen molar-refractivity contribution in [2.45, 2.75) is 39.2 Å². The maximum atomic E-state index is 12.2. The zero-order valence-corrected chi connectivity index (χ0v) is 14.8. The van der Waals surface area contributed by atoms with Gasteiger partial charge in [-0.25, -0.2) is 0 Å². The highest BCUT2D eigenvalue weighted by Crippen LogP contribution is 2.30. The van der Waals surface area contributed by atoms with Crippen LogP contribution in [0.3, 0.4) is 0 Å². The first-order chi connectivity index (χ1) is 10.5. The van der Waals surface area contributed by atoms with Crippen LogP contribution in [0.25, 0.3) is 10.6 Å². The van der Waals surface area contributed by atoms with Crippen molar-refractivity contribution in [3.8, 4) is 10.6 Å². The number of amides is 1. The van der Waals surface area contributed by atoms with Crippen LogP contribution in [-0.4, -0.2) is 22.1 Å². The highest BCUT2D eigenvalue weighted by molar-refractivity contribution is 7.18. The maximum Gasteiger partial charge on any atom is 0.229 e. The third-order valence-electron chi connectivity index (χ3n) is 3.97. The summed E-state index contributed by atoms with van der Waals surface area (Å²) in [4.78, 5) is 12.2. The van der Waals surface area contributed by atoms with Gasteiger partial charge in [0, 0.05) is 17.5 Å². The molecule has 1 aromatic carbocycles. The Hall–Kier alpha value is -1.50. The summed E-state index contributed by atoms with van der Waals surface area (Å²) in [6, 6.07) is 6.43. The molecule has 2 atom stereocenters. The van der Waals surface area contributed by atoms with Gasteiger partial charge in [-0.2, -0.15) is 0 Å². The Morgan fingerprint density at radius 3 is 2.52 bits per heavy atom. The van der Waals surface area contributed by atoms with Crippen LogP contribution in [0.2, 0.25) is 0 Å². The average molecular weight is 353 g/mol. The van der Waals surface area contributed by atoms with Crippen molar-refractivity contribution in [1.29, 1.82) is 0 Å². The SMILES string of the molecule is Cc1cc(C)cc(-c2nnc(NC(=O)C3CCC(N)C3)s2)c1.Cl. The van der Waals surface area contributed by atoms with Gasteiger partial charge in [0.05, 0.1) is 0 Å². The standard InChI is InChI=1S/C16H20N4OS.ClH/c1-9-5-10(2)7-12(6-9)15-19-20-16(22-15)18-14(21)11-3-4-13(17)8-11;/h5-7,11,13H,3-4,8,17H2,1-2H3,(H,18,20,21);1H. The van der Waals surface area contributed by atoms with Gasteiger partial charge in [-0.05, 0) is 45.2 Å². The van der Waals surface area contributed by atoms with E-state index in [1.807, 2.05) is 0 Å². The van der Waals surface area contributed by atoms with Gasteiger partial charge >= 0.3 is 0 Å². The third kappa shape index (κ3) is 4.28. The summed E-state index contributed by atoms with van der Waals surface area (Å²) in [5.41, 5.74) is 9.28. The van der Waals surface area contributed by atoms with Gasteiger partial charge in [0.2, 0.25) is 11.0 Å². The molecule has 124 valence electrons. The largest absolute Gasteiger partial charge is 0.328 e. The average Bonchev–Trinajstić information content (AvgIpc) is 3.06. The molecule has 0 saturated heterocycles. The van der Waals surface area contributed by atoms with E-state index in [2.05, 4.69) is 47.6 Å². The molecular weight excluding hydrogens is 332 g/mol. The minimum Gasteiger partial charge on any atom is -0.328 e. The van der Waals surface area contributed by atoms with Crippen LogP contribution in [0, 0.1) is 19.8 Å². The molecule has 1 aliphatic rings. The second-order valence-electron chi connectivity index (χ2n) is 6.05. The van der Waals surface area contributed by atoms with Gasteiger partial charge < -0.3 is 11.1 Å². The molecule has 1 aliphatic carbocycles. The molecule has 2 aromatic rings.